The molecule has 0 heterocycles. The highest BCUT2D eigenvalue weighted by Crippen LogP contribution is 2.29. The van der Waals surface area contributed by atoms with Crippen LogP contribution in [0.3, 0.4) is 0 Å². The van der Waals surface area contributed by atoms with E-state index in [9.17, 15) is 10.1 Å². The van der Waals surface area contributed by atoms with Gasteiger partial charge in [-0.05, 0) is 48.6 Å². The van der Waals surface area contributed by atoms with Crippen molar-refractivity contribution in [3.05, 3.63) is 42.5 Å². The minimum Gasteiger partial charge on any atom is -0.337 e. The molecule has 2 aromatic rings. The van der Waals surface area contributed by atoms with Gasteiger partial charge in [-0.3, -0.25) is 4.79 Å². The SMILES string of the molecule is N#CC1(NC(=O)CSc2ccc3ccccc3c2)CCCC1. The van der Waals surface area contributed by atoms with Crippen LogP contribution >= 0.6 is 11.8 Å². The van der Waals surface area contributed by atoms with E-state index >= 15 is 0 Å². The van der Waals surface area contributed by atoms with Gasteiger partial charge < -0.3 is 5.32 Å². The molecule has 1 fully saturated rings. The summed E-state index contributed by atoms with van der Waals surface area (Å²) in [5, 5.41) is 14.6. The monoisotopic (exact) mass is 310 g/mol. The van der Waals surface area contributed by atoms with Crippen molar-refractivity contribution in [2.45, 2.75) is 36.1 Å². The number of hydrogen-bond donors (Lipinski definition) is 1. The van der Waals surface area contributed by atoms with Crippen molar-refractivity contribution in [2.24, 2.45) is 0 Å². The van der Waals surface area contributed by atoms with Gasteiger partial charge in [-0.2, -0.15) is 5.26 Å². The topological polar surface area (TPSA) is 52.9 Å². The predicted octanol–water partition coefficient (Wildman–Crippen LogP) is 3.88. The van der Waals surface area contributed by atoms with E-state index in [1.54, 1.807) is 0 Å². The molecule has 1 aliphatic rings. The number of rotatable bonds is 4. The largest absolute Gasteiger partial charge is 0.337 e. The van der Waals surface area contributed by atoms with Crippen molar-refractivity contribution in [1.82, 2.24) is 5.32 Å². The second-order valence-corrected chi connectivity index (χ2v) is 6.80. The van der Waals surface area contributed by atoms with Crippen LogP contribution in [-0.2, 0) is 4.79 Å². The Morgan fingerprint density at radius 3 is 2.64 bits per heavy atom. The highest BCUT2D eigenvalue weighted by Gasteiger charge is 2.35. The van der Waals surface area contributed by atoms with Crippen LogP contribution in [0.15, 0.2) is 47.4 Å². The summed E-state index contributed by atoms with van der Waals surface area (Å²) in [5.41, 5.74) is -0.624. The first-order chi connectivity index (χ1) is 10.7. The molecule has 3 rings (SSSR count). The summed E-state index contributed by atoms with van der Waals surface area (Å²) in [5.74, 6) is 0.295. The molecular formula is C18H18N2OS. The normalized spacial score (nSPS) is 16.3. The van der Waals surface area contributed by atoms with Crippen LogP contribution in [0.4, 0.5) is 0 Å². The van der Waals surface area contributed by atoms with Crippen molar-refractivity contribution in [3.8, 4) is 6.07 Å². The molecule has 0 radical (unpaired) electrons. The number of nitriles is 1. The van der Waals surface area contributed by atoms with Gasteiger partial charge in [-0.1, -0.05) is 30.3 Å². The fourth-order valence-electron chi connectivity index (χ4n) is 2.95. The lowest BCUT2D eigenvalue weighted by molar-refractivity contribution is -0.119. The molecule has 3 nitrogen and oxygen atoms in total. The lowest BCUT2D eigenvalue weighted by Gasteiger charge is -2.21. The van der Waals surface area contributed by atoms with Crippen LogP contribution in [0.25, 0.3) is 10.8 Å². The van der Waals surface area contributed by atoms with Crippen LogP contribution in [0.1, 0.15) is 25.7 Å². The number of carbonyl (C=O) groups is 1. The summed E-state index contributed by atoms with van der Waals surface area (Å²) < 4.78 is 0. The summed E-state index contributed by atoms with van der Waals surface area (Å²) in [6.07, 6.45) is 3.59. The molecule has 0 aliphatic heterocycles. The summed E-state index contributed by atoms with van der Waals surface area (Å²) in [7, 11) is 0. The molecule has 1 saturated carbocycles. The van der Waals surface area contributed by atoms with Crippen molar-refractivity contribution < 1.29 is 4.79 Å². The molecular weight excluding hydrogens is 292 g/mol. The molecule has 0 saturated heterocycles. The minimum atomic E-state index is -0.624. The van der Waals surface area contributed by atoms with Crippen LogP contribution in [0, 0.1) is 11.3 Å². The van der Waals surface area contributed by atoms with Crippen LogP contribution in [-0.4, -0.2) is 17.2 Å². The molecule has 0 unspecified atom stereocenters. The molecule has 0 spiro atoms. The fourth-order valence-corrected chi connectivity index (χ4v) is 3.70. The average Bonchev–Trinajstić information content (AvgIpc) is 3.02. The van der Waals surface area contributed by atoms with Crippen molar-refractivity contribution >= 4 is 28.4 Å². The van der Waals surface area contributed by atoms with Crippen molar-refractivity contribution in [2.75, 3.05) is 5.75 Å². The number of hydrogen-bond acceptors (Lipinski definition) is 3. The zero-order valence-electron chi connectivity index (χ0n) is 12.3. The highest BCUT2D eigenvalue weighted by atomic mass is 32.2. The Kier molecular flexibility index (Phi) is 4.35. The second kappa shape index (κ2) is 6.41. The quantitative estimate of drug-likeness (QED) is 0.872. The smallest absolute Gasteiger partial charge is 0.231 e. The van der Waals surface area contributed by atoms with Crippen LogP contribution in [0.5, 0.6) is 0 Å². The van der Waals surface area contributed by atoms with E-state index in [-0.39, 0.29) is 5.91 Å². The van der Waals surface area contributed by atoms with Crippen molar-refractivity contribution in [3.63, 3.8) is 0 Å². The summed E-state index contributed by atoms with van der Waals surface area (Å²) >= 11 is 1.51. The molecule has 22 heavy (non-hydrogen) atoms. The Hall–Kier alpha value is -1.99. The molecule has 4 heteroatoms. The van der Waals surface area contributed by atoms with Gasteiger partial charge in [0.25, 0.3) is 0 Å². The fraction of sp³-hybridized carbons (Fsp3) is 0.333. The number of nitrogens with one attached hydrogen (secondary N) is 1. The van der Waals surface area contributed by atoms with Crippen LogP contribution in [0.2, 0.25) is 0 Å². The molecule has 1 amide bonds. The number of carbonyl (C=O) groups excluding carboxylic acids is 1. The van der Waals surface area contributed by atoms with Gasteiger partial charge >= 0.3 is 0 Å². The minimum absolute atomic E-state index is 0.0541. The summed E-state index contributed by atoms with van der Waals surface area (Å²) in [6.45, 7) is 0. The van der Waals surface area contributed by atoms with E-state index in [0.717, 1.165) is 30.6 Å². The van der Waals surface area contributed by atoms with Gasteiger partial charge in [0.2, 0.25) is 5.91 Å². The maximum Gasteiger partial charge on any atom is 0.231 e. The molecule has 0 aromatic heterocycles. The van der Waals surface area contributed by atoms with E-state index in [0.29, 0.717) is 5.75 Å². The lowest BCUT2D eigenvalue weighted by Crippen LogP contribution is -2.45. The number of fused-ring (bicyclic) bond motifs is 1. The van der Waals surface area contributed by atoms with Crippen molar-refractivity contribution in [1.29, 1.82) is 5.26 Å². The summed E-state index contributed by atoms with van der Waals surface area (Å²) in [4.78, 5) is 13.2. The molecule has 1 N–H and O–H groups in total. The number of benzene rings is 2. The van der Waals surface area contributed by atoms with Gasteiger partial charge in [-0.25, -0.2) is 0 Å². The van der Waals surface area contributed by atoms with Gasteiger partial charge in [0.05, 0.1) is 11.8 Å². The average molecular weight is 310 g/mol. The first kappa shape index (κ1) is 14.9. The number of nitrogens with zero attached hydrogens (tertiary/aromatic N) is 1. The van der Waals surface area contributed by atoms with Crippen LogP contribution < -0.4 is 5.32 Å². The Labute approximate surface area is 134 Å². The maximum atomic E-state index is 12.1. The third-order valence-corrected chi connectivity index (χ3v) is 5.13. The molecule has 0 bridgehead atoms. The number of thioether (sulfide) groups is 1. The third kappa shape index (κ3) is 3.26. The standard InChI is InChI=1S/C18H18N2OS/c19-13-18(9-3-4-10-18)20-17(21)12-22-16-8-7-14-5-1-2-6-15(14)11-16/h1-2,5-8,11H,3-4,9-10,12H2,(H,20,21). The zero-order valence-corrected chi connectivity index (χ0v) is 13.2. The summed E-state index contributed by atoms with van der Waals surface area (Å²) in [6, 6.07) is 16.7. The Morgan fingerprint density at radius 1 is 1.18 bits per heavy atom. The van der Waals surface area contributed by atoms with E-state index < -0.39 is 5.54 Å². The Bertz CT molecular complexity index is 729. The predicted molar refractivity (Wildman–Crippen MR) is 89.6 cm³/mol. The second-order valence-electron chi connectivity index (χ2n) is 5.75. The van der Waals surface area contributed by atoms with E-state index in [4.69, 9.17) is 0 Å². The van der Waals surface area contributed by atoms with Gasteiger partial charge in [0.15, 0.2) is 0 Å². The Balaban J connectivity index is 1.61. The van der Waals surface area contributed by atoms with E-state index in [1.807, 2.05) is 18.2 Å². The molecule has 1 aliphatic carbocycles. The Morgan fingerprint density at radius 2 is 1.91 bits per heavy atom. The van der Waals surface area contributed by atoms with Gasteiger partial charge in [0, 0.05) is 4.90 Å². The van der Waals surface area contributed by atoms with Gasteiger partial charge in [0.1, 0.15) is 5.54 Å². The van der Waals surface area contributed by atoms with Gasteiger partial charge in [-0.15, -0.1) is 11.8 Å². The maximum absolute atomic E-state index is 12.1. The number of amides is 1. The zero-order chi connectivity index (χ0) is 15.4. The first-order valence-electron chi connectivity index (χ1n) is 7.55. The molecule has 0 atom stereocenters. The molecule has 112 valence electrons. The third-order valence-electron chi connectivity index (χ3n) is 4.14. The highest BCUT2D eigenvalue weighted by molar-refractivity contribution is 8.00. The van der Waals surface area contributed by atoms with E-state index in [1.165, 1.54) is 22.5 Å². The first-order valence-corrected chi connectivity index (χ1v) is 8.53. The molecule has 2 aromatic carbocycles. The van der Waals surface area contributed by atoms with E-state index in [2.05, 4.69) is 35.7 Å². The lowest BCUT2D eigenvalue weighted by atomic mass is 10.0.